The van der Waals surface area contributed by atoms with Crippen molar-refractivity contribution in [2.75, 3.05) is 73.7 Å². The molecule has 0 bridgehead atoms. The molecule has 2 aromatic heterocycles. The van der Waals surface area contributed by atoms with E-state index in [4.69, 9.17) is 4.74 Å². The third kappa shape index (κ3) is 4.47. The molecule has 4 heterocycles. The Kier molecular flexibility index (Phi) is 5.87. The first-order valence-corrected chi connectivity index (χ1v) is 10.00. The zero-order valence-corrected chi connectivity index (χ0v) is 16.6. The van der Waals surface area contributed by atoms with Gasteiger partial charge in [0, 0.05) is 70.8 Å². The molecule has 2 aliphatic rings. The van der Waals surface area contributed by atoms with Crippen molar-refractivity contribution in [2.24, 2.45) is 0 Å². The van der Waals surface area contributed by atoms with Crippen LogP contribution in [0.25, 0.3) is 0 Å². The van der Waals surface area contributed by atoms with E-state index in [9.17, 15) is 4.79 Å². The molecule has 1 amide bonds. The molecular weight excluding hydrogens is 372 g/mol. The number of hydrogen-bond acceptors (Lipinski definition) is 9. The third-order valence-electron chi connectivity index (χ3n) is 5.21. The van der Waals surface area contributed by atoms with Crippen LogP contribution in [0, 0.1) is 0 Å². The fourth-order valence-electron chi connectivity index (χ4n) is 3.61. The molecule has 4 rings (SSSR count). The van der Waals surface area contributed by atoms with E-state index in [-0.39, 0.29) is 6.09 Å². The second-order valence-electron chi connectivity index (χ2n) is 6.93. The minimum absolute atomic E-state index is 0.240. The van der Waals surface area contributed by atoms with Crippen molar-refractivity contribution in [1.82, 2.24) is 24.8 Å². The summed E-state index contributed by atoms with van der Waals surface area (Å²) in [5.74, 6) is 2.60. The van der Waals surface area contributed by atoms with Crippen LogP contribution in [0.1, 0.15) is 6.92 Å². The fourth-order valence-corrected chi connectivity index (χ4v) is 3.61. The molecule has 0 aliphatic carbocycles. The highest BCUT2D eigenvalue weighted by Crippen LogP contribution is 2.21. The first kappa shape index (κ1) is 19.2. The second-order valence-corrected chi connectivity index (χ2v) is 6.93. The summed E-state index contributed by atoms with van der Waals surface area (Å²) in [7, 11) is 0. The molecule has 0 spiro atoms. The number of aromatic nitrogens is 4. The molecule has 10 heteroatoms. The van der Waals surface area contributed by atoms with Crippen LogP contribution in [0.15, 0.2) is 30.9 Å². The highest BCUT2D eigenvalue weighted by Gasteiger charge is 2.24. The summed E-state index contributed by atoms with van der Waals surface area (Å²) in [5, 5.41) is 0. The molecule has 154 valence electrons. The average molecular weight is 398 g/mol. The molecule has 2 fully saturated rings. The summed E-state index contributed by atoms with van der Waals surface area (Å²) in [6, 6.07) is 3.86. The summed E-state index contributed by atoms with van der Waals surface area (Å²) in [6.07, 6.45) is 4.92. The summed E-state index contributed by atoms with van der Waals surface area (Å²) in [4.78, 5) is 37.8. The van der Waals surface area contributed by atoms with E-state index in [1.807, 2.05) is 19.1 Å². The second kappa shape index (κ2) is 8.89. The van der Waals surface area contributed by atoms with Gasteiger partial charge in [-0.2, -0.15) is 0 Å². The highest BCUT2D eigenvalue weighted by atomic mass is 16.6. The van der Waals surface area contributed by atoms with Gasteiger partial charge in [0.15, 0.2) is 0 Å². The summed E-state index contributed by atoms with van der Waals surface area (Å²) < 4.78 is 5.08. The Labute approximate surface area is 170 Å². The van der Waals surface area contributed by atoms with Gasteiger partial charge in [-0.1, -0.05) is 0 Å². The lowest BCUT2D eigenvalue weighted by molar-refractivity contribution is 0.105. The topological polar surface area (TPSA) is 90.8 Å². The molecule has 10 nitrogen and oxygen atoms in total. The first-order valence-electron chi connectivity index (χ1n) is 10.00. The van der Waals surface area contributed by atoms with Crippen molar-refractivity contribution in [1.29, 1.82) is 0 Å². The van der Waals surface area contributed by atoms with Gasteiger partial charge in [-0.25, -0.2) is 24.7 Å². The third-order valence-corrected chi connectivity index (χ3v) is 5.21. The van der Waals surface area contributed by atoms with E-state index in [0.717, 1.165) is 56.9 Å². The van der Waals surface area contributed by atoms with Crippen LogP contribution in [0.5, 0.6) is 0 Å². The van der Waals surface area contributed by atoms with Gasteiger partial charge in [0.25, 0.3) is 0 Å². The smallest absolute Gasteiger partial charge is 0.409 e. The predicted molar refractivity (Wildman–Crippen MR) is 109 cm³/mol. The van der Waals surface area contributed by atoms with Crippen LogP contribution in [-0.2, 0) is 4.74 Å². The van der Waals surface area contributed by atoms with E-state index in [1.54, 1.807) is 23.6 Å². The molecule has 2 aromatic rings. The van der Waals surface area contributed by atoms with Gasteiger partial charge in [-0.05, 0) is 13.0 Å². The van der Waals surface area contributed by atoms with Crippen molar-refractivity contribution in [2.45, 2.75) is 6.92 Å². The van der Waals surface area contributed by atoms with E-state index in [1.165, 1.54) is 0 Å². The molecule has 2 aliphatic heterocycles. The normalized spacial score (nSPS) is 17.4. The van der Waals surface area contributed by atoms with Crippen LogP contribution >= 0.6 is 0 Å². The number of rotatable bonds is 4. The van der Waals surface area contributed by atoms with Gasteiger partial charge in [0.2, 0.25) is 5.95 Å². The Bertz CT molecular complexity index is 805. The monoisotopic (exact) mass is 398 g/mol. The predicted octanol–water partition coefficient (Wildman–Crippen LogP) is 0.872. The molecule has 2 saturated heterocycles. The van der Waals surface area contributed by atoms with Crippen molar-refractivity contribution >= 4 is 23.7 Å². The van der Waals surface area contributed by atoms with Crippen molar-refractivity contribution in [3.05, 3.63) is 30.9 Å². The van der Waals surface area contributed by atoms with Crippen LogP contribution in [-0.4, -0.2) is 89.9 Å². The number of nitrogens with zero attached hydrogens (tertiary/aromatic N) is 8. The SMILES string of the molecule is CCOC(=O)N1CCN(c2cc(N3CCN(c4ncccn4)CC3)ncn2)CC1. The summed E-state index contributed by atoms with van der Waals surface area (Å²) in [6.45, 7) is 8.35. The Morgan fingerprint density at radius 2 is 1.41 bits per heavy atom. The molecule has 29 heavy (non-hydrogen) atoms. The number of hydrogen-bond donors (Lipinski definition) is 0. The molecule has 0 atom stereocenters. The van der Waals surface area contributed by atoms with Gasteiger partial charge in [-0.3, -0.25) is 0 Å². The van der Waals surface area contributed by atoms with Crippen LogP contribution < -0.4 is 14.7 Å². The van der Waals surface area contributed by atoms with E-state index in [2.05, 4.69) is 34.6 Å². The number of carbonyl (C=O) groups excluding carboxylic acids is 1. The molecular formula is C19H26N8O2. The lowest BCUT2D eigenvalue weighted by atomic mass is 10.3. The fraction of sp³-hybridized carbons (Fsp3) is 0.526. The lowest BCUT2D eigenvalue weighted by Crippen LogP contribution is -2.49. The maximum Gasteiger partial charge on any atom is 0.409 e. The minimum Gasteiger partial charge on any atom is -0.450 e. The van der Waals surface area contributed by atoms with Crippen LogP contribution in [0.4, 0.5) is 22.4 Å². The summed E-state index contributed by atoms with van der Waals surface area (Å²) >= 11 is 0. The highest BCUT2D eigenvalue weighted by molar-refractivity contribution is 5.68. The van der Waals surface area contributed by atoms with Gasteiger partial charge in [0.05, 0.1) is 6.61 Å². The Hall–Kier alpha value is -3.17. The van der Waals surface area contributed by atoms with Crippen LogP contribution in [0.3, 0.4) is 0 Å². The summed E-state index contributed by atoms with van der Waals surface area (Å²) in [5.41, 5.74) is 0. The molecule has 0 saturated carbocycles. The van der Waals surface area contributed by atoms with Crippen LogP contribution in [0.2, 0.25) is 0 Å². The lowest BCUT2D eigenvalue weighted by Gasteiger charge is -2.36. The van der Waals surface area contributed by atoms with Gasteiger partial charge >= 0.3 is 6.09 Å². The Morgan fingerprint density at radius 1 is 0.862 bits per heavy atom. The molecule has 0 aromatic carbocycles. The zero-order chi connectivity index (χ0) is 20.1. The van der Waals surface area contributed by atoms with Gasteiger partial charge < -0.3 is 24.3 Å². The Morgan fingerprint density at radius 3 is 2.00 bits per heavy atom. The number of amides is 1. The minimum atomic E-state index is -0.240. The molecule has 0 radical (unpaired) electrons. The number of piperazine rings is 2. The van der Waals surface area contributed by atoms with Crippen molar-refractivity contribution in [3.8, 4) is 0 Å². The quantitative estimate of drug-likeness (QED) is 0.744. The van der Waals surface area contributed by atoms with E-state index < -0.39 is 0 Å². The van der Waals surface area contributed by atoms with Gasteiger partial charge in [0.1, 0.15) is 18.0 Å². The Balaban J connectivity index is 1.34. The number of anilines is 3. The zero-order valence-electron chi connectivity index (χ0n) is 16.6. The molecule has 0 N–H and O–H groups in total. The maximum atomic E-state index is 11.9. The van der Waals surface area contributed by atoms with Crippen molar-refractivity contribution in [3.63, 3.8) is 0 Å². The molecule has 0 unspecified atom stereocenters. The van der Waals surface area contributed by atoms with E-state index >= 15 is 0 Å². The van der Waals surface area contributed by atoms with Gasteiger partial charge in [-0.15, -0.1) is 0 Å². The number of ether oxygens (including phenoxy) is 1. The maximum absolute atomic E-state index is 11.9. The first-order chi connectivity index (χ1) is 14.2. The van der Waals surface area contributed by atoms with Crippen molar-refractivity contribution < 1.29 is 9.53 Å². The number of carbonyl (C=O) groups is 1. The van der Waals surface area contributed by atoms with E-state index in [0.29, 0.717) is 19.7 Å². The standard InChI is InChI=1S/C19H26N8O2/c1-2-29-19(28)27-12-8-25(9-13-27)17-14-16(22-15-23-17)24-6-10-26(11-7-24)18-20-4-3-5-21-18/h3-5,14-15H,2,6-13H2,1H3. The largest absolute Gasteiger partial charge is 0.450 e. The average Bonchev–Trinajstić information content (AvgIpc) is 2.80.